The standard InChI is InChI=1S/C37H56N6O13/c1-35(2,3)54-28(44)16-14-25-33(49)41-24(12-10-11-18-38-34(50)56-37(7,8)9)32(48)42-26(31(47)39-21-29(45)55-36(4,5)6)17-19-53-27-15-13-22(43(51)52)20-23(27)30(46)40-25/h13,15,20,24-26H,10-12,14,16-19,21H2,1-9H3,(H,38,50)(H,39,47)(H,40,46)(H,41,49)(H,42,48)/t24-,25-,26-/m0/s1. The van der Waals surface area contributed by atoms with Gasteiger partial charge in [0.25, 0.3) is 11.6 Å². The molecule has 0 aromatic heterocycles. The van der Waals surface area contributed by atoms with E-state index in [-0.39, 0.29) is 56.6 Å². The highest BCUT2D eigenvalue weighted by Crippen LogP contribution is 2.25. The number of nitrogens with zero attached hydrogens (tertiary/aromatic N) is 1. The fraction of sp³-hybridized carbons (Fsp3) is 0.649. The summed E-state index contributed by atoms with van der Waals surface area (Å²) in [6.45, 7) is 14.4. The number of nitrogens with one attached hydrogen (secondary N) is 5. The van der Waals surface area contributed by atoms with E-state index in [0.717, 1.165) is 12.1 Å². The predicted octanol–water partition coefficient (Wildman–Crippen LogP) is 2.72. The van der Waals surface area contributed by atoms with Crippen molar-refractivity contribution in [1.29, 1.82) is 0 Å². The van der Waals surface area contributed by atoms with E-state index in [0.29, 0.717) is 6.42 Å². The molecule has 0 fully saturated rings. The number of hydrogen-bond acceptors (Lipinski definition) is 13. The second kappa shape index (κ2) is 20.4. The molecule has 0 spiro atoms. The summed E-state index contributed by atoms with van der Waals surface area (Å²) in [6, 6.07) is -0.855. The van der Waals surface area contributed by atoms with Crippen LogP contribution in [0.5, 0.6) is 5.75 Å². The van der Waals surface area contributed by atoms with E-state index in [1.54, 1.807) is 62.3 Å². The molecule has 1 aromatic carbocycles. The van der Waals surface area contributed by atoms with Gasteiger partial charge in [-0.25, -0.2) is 4.79 Å². The molecule has 0 aliphatic carbocycles. The van der Waals surface area contributed by atoms with Gasteiger partial charge in [0, 0.05) is 31.5 Å². The van der Waals surface area contributed by atoms with Gasteiger partial charge in [-0.1, -0.05) is 0 Å². The second-order valence-electron chi connectivity index (χ2n) is 16.1. The van der Waals surface area contributed by atoms with Crippen molar-refractivity contribution in [2.24, 2.45) is 0 Å². The number of carbonyl (C=O) groups excluding carboxylic acids is 7. The number of hydrogen-bond donors (Lipinski definition) is 5. The lowest BCUT2D eigenvalue weighted by atomic mass is 10.0. The number of nitro groups is 1. The highest BCUT2D eigenvalue weighted by atomic mass is 16.6. The Hall–Kier alpha value is -5.49. The van der Waals surface area contributed by atoms with Crippen LogP contribution < -0.4 is 31.3 Å². The van der Waals surface area contributed by atoms with E-state index in [1.165, 1.54) is 6.07 Å². The Kier molecular flexibility index (Phi) is 17.0. The van der Waals surface area contributed by atoms with Gasteiger partial charge in [-0.05, 0) is 94.1 Å². The molecule has 0 bridgehead atoms. The lowest BCUT2D eigenvalue weighted by Gasteiger charge is -2.27. The van der Waals surface area contributed by atoms with Gasteiger partial charge in [0.15, 0.2) is 0 Å². The van der Waals surface area contributed by atoms with E-state index >= 15 is 0 Å². The van der Waals surface area contributed by atoms with Crippen LogP contribution in [0, 0.1) is 10.1 Å². The van der Waals surface area contributed by atoms with E-state index in [4.69, 9.17) is 18.9 Å². The summed E-state index contributed by atoms with van der Waals surface area (Å²) in [6.07, 6.45) is -0.845. The highest BCUT2D eigenvalue weighted by Gasteiger charge is 2.32. The zero-order valence-electron chi connectivity index (χ0n) is 33.6. The number of nitro benzene ring substituents is 1. The SMILES string of the molecule is CC(C)(C)OC(=O)CC[C@@H]1NC(=O)c2cc([N+](=O)[O-])ccc2OCC[C@@H](C(=O)NCC(=O)OC(C)(C)C)NC(=O)[C@H](CCCCNC(=O)OC(C)(C)C)NC1=O. The number of benzene rings is 1. The number of amides is 5. The molecule has 5 amide bonds. The van der Waals surface area contributed by atoms with Crippen LogP contribution in [0.3, 0.4) is 0 Å². The molecule has 1 aliphatic rings. The van der Waals surface area contributed by atoms with Crippen LogP contribution in [-0.2, 0) is 38.2 Å². The van der Waals surface area contributed by atoms with Gasteiger partial charge in [0.1, 0.15) is 47.2 Å². The molecule has 5 N–H and O–H groups in total. The molecule has 56 heavy (non-hydrogen) atoms. The van der Waals surface area contributed by atoms with Crippen LogP contribution in [0.25, 0.3) is 0 Å². The molecule has 19 heteroatoms. The third-order valence-electron chi connectivity index (χ3n) is 7.44. The number of rotatable bonds is 12. The Morgan fingerprint density at radius 1 is 0.804 bits per heavy atom. The van der Waals surface area contributed by atoms with Crippen molar-refractivity contribution in [3.8, 4) is 5.75 Å². The van der Waals surface area contributed by atoms with E-state index in [1.807, 2.05) is 0 Å². The Balaban J connectivity index is 2.47. The molecule has 0 unspecified atom stereocenters. The summed E-state index contributed by atoms with van der Waals surface area (Å²) in [5.41, 5.74) is -3.16. The normalized spacial score (nSPS) is 18.3. The molecule has 1 aromatic rings. The van der Waals surface area contributed by atoms with Crippen molar-refractivity contribution in [2.45, 2.75) is 136 Å². The highest BCUT2D eigenvalue weighted by molar-refractivity contribution is 6.01. The maximum atomic E-state index is 13.9. The summed E-state index contributed by atoms with van der Waals surface area (Å²) >= 11 is 0. The minimum Gasteiger partial charge on any atom is -0.493 e. The molecule has 0 saturated heterocycles. The number of alkyl carbamates (subject to hydrolysis) is 1. The first-order valence-corrected chi connectivity index (χ1v) is 18.3. The van der Waals surface area contributed by atoms with Gasteiger partial charge >= 0.3 is 18.0 Å². The Morgan fingerprint density at radius 2 is 1.39 bits per heavy atom. The topological polar surface area (TPSA) is 260 Å². The van der Waals surface area contributed by atoms with Gasteiger partial charge in [-0.2, -0.15) is 0 Å². The van der Waals surface area contributed by atoms with Crippen molar-refractivity contribution in [3.05, 3.63) is 33.9 Å². The average molecular weight is 793 g/mol. The Morgan fingerprint density at radius 3 is 2.00 bits per heavy atom. The molecule has 19 nitrogen and oxygen atoms in total. The number of unbranched alkanes of at least 4 members (excludes halogenated alkanes) is 1. The monoisotopic (exact) mass is 792 g/mol. The van der Waals surface area contributed by atoms with Crippen molar-refractivity contribution < 1.29 is 57.4 Å². The van der Waals surface area contributed by atoms with E-state index in [2.05, 4.69) is 26.6 Å². The zero-order chi connectivity index (χ0) is 42.4. The minimum absolute atomic E-state index is 0.00191. The summed E-state index contributed by atoms with van der Waals surface area (Å²) in [5, 5.41) is 24.4. The molecule has 0 radical (unpaired) electrons. The summed E-state index contributed by atoms with van der Waals surface area (Å²) in [5.74, 6) is -4.96. The number of ether oxygens (including phenoxy) is 4. The van der Waals surface area contributed by atoms with Crippen molar-refractivity contribution in [2.75, 3.05) is 19.7 Å². The summed E-state index contributed by atoms with van der Waals surface area (Å²) in [4.78, 5) is 103. The lowest BCUT2D eigenvalue weighted by Crippen LogP contribution is -2.57. The Bertz CT molecular complexity index is 1610. The molecule has 1 aliphatic heterocycles. The Labute approximate surface area is 326 Å². The van der Waals surface area contributed by atoms with Gasteiger partial charge < -0.3 is 45.5 Å². The van der Waals surface area contributed by atoms with Gasteiger partial charge in [0.05, 0.1) is 17.1 Å². The zero-order valence-corrected chi connectivity index (χ0v) is 33.6. The van der Waals surface area contributed by atoms with E-state index < -0.39 is 93.7 Å². The fourth-order valence-corrected chi connectivity index (χ4v) is 5.10. The first kappa shape index (κ1) is 46.7. The molecule has 1 heterocycles. The van der Waals surface area contributed by atoms with Crippen LogP contribution in [0.1, 0.15) is 111 Å². The van der Waals surface area contributed by atoms with Crippen molar-refractivity contribution in [3.63, 3.8) is 0 Å². The average Bonchev–Trinajstić information content (AvgIpc) is 3.04. The molecule has 2 rings (SSSR count). The summed E-state index contributed by atoms with van der Waals surface area (Å²) in [7, 11) is 0. The summed E-state index contributed by atoms with van der Waals surface area (Å²) < 4.78 is 21.6. The van der Waals surface area contributed by atoms with Crippen molar-refractivity contribution in [1.82, 2.24) is 26.6 Å². The molecule has 312 valence electrons. The number of fused-ring (bicyclic) bond motifs is 1. The lowest BCUT2D eigenvalue weighted by molar-refractivity contribution is -0.384. The predicted molar refractivity (Wildman–Crippen MR) is 200 cm³/mol. The van der Waals surface area contributed by atoms with Crippen LogP contribution >= 0.6 is 0 Å². The van der Waals surface area contributed by atoms with Crippen LogP contribution in [0.2, 0.25) is 0 Å². The van der Waals surface area contributed by atoms with Crippen LogP contribution in [0.4, 0.5) is 10.5 Å². The minimum atomic E-state index is -1.46. The molecular weight excluding hydrogens is 736 g/mol. The number of non-ortho nitro benzene ring substituents is 1. The fourth-order valence-electron chi connectivity index (χ4n) is 5.10. The third kappa shape index (κ3) is 17.8. The third-order valence-corrected chi connectivity index (χ3v) is 7.44. The first-order chi connectivity index (χ1) is 25.8. The number of esters is 2. The van der Waals surface area contributed by atoms with Crippen molar-refractivity contribution >= 4 is 47.3 Å². The smallest absolute Gasteiger partial charge is 0.407 e. The molecule has 3 atom stereocenters. The van der Waals surface area contributed by atoms with Gasteiger partial charge in [-0.15, -0.1) is 0 Å². The maximum absolute atomic E-state index is 13.9. The van der Waals surface area contributed by atoms with E-state index in [9.17, 15) is 43.7 Å². The van der Waals surface area contributed by atoms with Gasteiger partial charge in [-0.3, -0.25) is 38.9 Å². The molecular formula is C37H56N6O13. The maximum Gasteiger partial charge on any atom is 0.407 e. The van der Waals surface area contributed by atoms with Gasteiger partial charge in [0.2, 0.25) is 17.7 Å². The number of carbonyl (C=O) groups is 7. The van der Waals surface area contributed by atoms with Crippen LogP contribution in [-0.4, -0.2) is 101 Å². The largest absolute Gasteiger partial charge is 0.493 e. The second-order valence-corrected chi connectivity index (χ2v) is 16.1. The first-order valence-electron chi connectivity index (χ1n) is 18.3. The quantitative estimate of drug-likeness (QED) is 0.0672. The molecule has 0 saturated carbocycles. The van der Waals surface area contributed by atoms with Crippen LogP contribution in [0.15, 0.2) is 18.2 Å².